The van der Waals surface area contributed by atoms with Crippen molar-refractivity contribution in [2.45, 2.75) is 52.6 Å². The van der Waals surface area contributed by atoms with Gasteiger partial charge in [0.25, 0.3) is 0 Å². The van der Waals surface area contributed by atoms with Crippen LogP contribution in [0.2, 0.25) is 0 Å². The molecule has 2 heterocycles. The maximum absolute atomic E-state index is 13.6. The Hall–Kier alpha value is -3.28. The quantitative estimate of drug-likeness (QED) is 0.469. The molecule has 4 rings (SSSR count). The standard InChI is InChI=1S/C25H29N3O3/c1-5-9-19(14-23(29)30)28-22-13-7-6-12-21(22)27(25(28)31)15-18-10-8-11-20-16(2)17(3)26(4)24(18)20/h6-8,10-13,19H,5,9,14-15H2,1-4H3,(H,29,30). The van der Waals surface area contributed by atoms with Crippen molar-refractivity contribution in [1.82, 2.24) is 13.7 Å². The van der Waals surface area contributed by atoms with Crippen molar-refractivity contribution in [1.29, 1.82) is 0 Å². The molecule has 1 N–H and O–H groups in total. The van der Waals surface area contributed by atoms with Crippen LogP contribution in [-0.2, 0) is 18.4 Å². The molecule has 2 aromatic heterocycles. The van der Waals surface area contributed by atoms with Gasteiger partial charge in [0, 0.05) is 24.2 Å². The maximum Gasteiger partial charge on any atom is 0.329 e. The summed E-state index contributed by atoms with van der Waals surface area (Å²) < 4.78 is 5.66. The van der Waals surface area contributed by atoms with Gasteiger partial charge in [0.2, 0.25) is 0 Å². The van der Waals surface area contributed by atoms with Gasteiger partial charge in [-0.3, -0.25) is 13.9 Å². The molecule has 31 heavy (non-hydrogen) atoms. The second-order valence-corrected chi connectivity index (χ2v) is 8.35. The molecule has 6 nitrogen and oxygen atoms in total. The van der Waals surface area contributed by atoms with Crippen molar-refractivity contribution < 1.29 is 9.90 Å². The van der Waals surface area contributed by atoms with Crippen molar-refractivity contribution in [3.8, 4) is 0 Å². The fraction of sp³-hybridized carbons (Fsp3) is 0.360. The Labute approximate surface area is 181 Å². The van der Waals surface area contributed by atoms with Gasteiger partial charge in [-0.05, 0) is 43.5 Å². The number of rotatable bonds is 7. The zero-order valence-electron chi connectivity index (χ0n) is 18.6. The molecule has 0 aliphatic heterocycles. The number of aromatic nitrogens is 3. The summed E-state index contributed by atoms with van der Waals surface area (Å²) in [5.74, 6) is -0.887. The predicted octanol–water partition coefficient (Wildman–Crippen LogP) is 4.78. The summed E-state index contributed by atoms with van der Waals surface area (Å²) in [6.45, 7) is 6.69. The highest BCUT2D eigenvalue weighted by molar-refractivity contribution is 5.88. The van der Waals surface area contributed by atoms with E-state index in [4.69, 9.17) is 0 Å². The van der Waals surface area contributed by atoms with E-state index in [-0.39, 0.29) is 18.2 Å². The Morgan fingerprint density at radius 3 is 2.45 bits per heavy atom. The van der Waals surface area contributed by atoms with Crippen LogP contribution in [0.25, 0.3) is 21.9 Å². The van der Waals surface area contributed by atoms with Gasteiger partial charge >= 0.3 is 11.7 Å². The number of carbonyl (C=O) groups is 1. The summed E-state index contributed by atoms with van der Waals surface area (Å²) >= 11 is 0. The van der Waals surface area contributed by atoms with Crippen molar-refractivity contribution in [3.05, 3.63) is 69.8 Å². The highest BCUT2D eigenvalue weighted by Crippen LogP contribution is 2.29. The van der Waals surface area contributed by atoms with Crippen LogP contribution in [0.5, 0.6) is 0 Å². The molecule has 0 aliphatic rings. The first-order chi connectivity index (χ1) is 14.8. The van der Waals surface area contributed by atoms with Crippen molar-refractivity contribution in [3.63, 3.8) is 0 Å². The zero-order chi connectivity index (χ0) is 22.3. The molecule has 0 saturated carbocycles. The maximum atomic E-state index is 13.6. The number of para-hydroxylation sites is 3. The van der Waals surface area contributed by atoms with Gasteiger partial charge < -0.3 is 9.67 Å². The lowest BCUT2D eigenvalue weighted by molar-refractivity contribution is -0.137. The van der Waals surface area contributed by atoms with E-state index in [2.05, 4.69) is 37.6 Å². The monoisotopic (exact) mass is 419 g/mol. The molecular formula is C25H29N3O3. The van der Waals surface area contributed by atoms with Gasteiger partial charge in [-0.2, -0.15) is 0 Å². The molecule has 162 valence electrons. The van der Waals surface area contributed by atoms with E-state index in [1.54, 1.807) is 9.13 Å². The Morgan fingerprint density at radius 2 is 1.77 bits per heavy atom. The number of benzene rings is 2. The molecule has 4 aromatic rings. The Bertz CT molecular complexity index is 1340. The first-order valence-electron chi connectivity index (χ1n) is 10.8. The van der Waals surface area contributed by atoms with Gasteiger partial charge in [-0.25, -0.2) is 4.79 Å². The van der Waals surface area contributed by atoms with E-state index in [1.807, 2.05) is 37.3 Å². The summed E-state index contributed by atoms with van der Waals surface area (Å²) in [4.78, 5) is 25.1. The van der Waals surface area contributed by atoms with Crippen LogP contribution in [0, 0.1) is 13.8 Å². The minimum Gasteiger partial charge on any atom is -0.481 e. The topological polar surface area (TPSA) is 69.2 Å². The molecule has 0 amide bonds. The fourth-order valence-electron chi connectivity index (χ4n) is 4.80. The summed E-state index contributed by atoms with van der Waals surface area (Å²) in [6, 6.07) is 13.5. The molecular weight excluding hydrogens is 390 g/mol. The fourth-order valence-corrected chi connectivity index (χ4v) is 4.80. The number of fused-ring (bicyclic) bond motifs is 2. The molecule has 1 unspecified atom stereocenters. The third kappa shape index (κ3) is 3.46. The van der Waals surface area contributed by atoms with Crippen molar-refractivity contribution in [2.75, 3.05) is 0 Å². The molecule has 0 bridgehead atoms. The SMILES string of the molecule is CCCC(CC(=O)O)n1c(=O)n(Cc2cccc3c(C)c(C)n(C)c23)c2ccccc21. The molecule has 2 aromatic carbocycles. The van der Waals surface area contributed by atoms with E-state index in [0.29, 0.717) is 13.0 Å². The summed E-state index contributed by atoms with van der Waals surface area (Å²) in [7, 11) is 2.06. The third-order valence-electron chi connectivity index (χ3n) is 6.50. The molecule has 0 radical (unpaired) electrons. The summed E-state index contributed by atoms with van der Waals surface area (Å²) in [6.07, 6.45) is 1.39. The third-order valence-corrected chi connectivity index (χ3v) is 6.50. The number of aliphatic carboxylic acids is 1. The van der Waals surface area contributed by atoms with E-state index in [9.17, 15) is 14.7 Å². The highest BCUT2D eigenvalue weighted by Gasteiger charge is 2.23. The van der Waals surface area contributed by atoms with Crippen LogP contribution >= 0.6 is 0 Å². The second kappa shape index (κ2) is 8.10. The number of imidazole rings is 1. The number of carboxylic acid groups (broad SMARTS) is 1. The van der Waals surface area contributed by atoms with Gasteiger partial charge in [0.05, 0.1) is 29.5 Å². The Kier molecular flexibility index (Phi) is 5.48. The first kappa shape index (κ1) is 21.0. The van der Waals surface area contributed by atoms with Crippen LogP contribution in [0.15, 0.2) is 47.3 Å². The Balaban J connectivity index is 1.92. The number of aryl methyl sites for hydroxylation is 2. The lowest BCUT2D eigenvalue weighted by atomic mass is 10.1. The van der Waals surface area contributed by atoms with Crippen LogP contribution in [0.1, 0.15) is 49.0 Å². The zero-order valence-corrected chi connectivity index (χ0v) is 18.6. The minimum atomic E-state index is -0.887. The predicted molar refractivity (Wildman–Crippen MR) is 124 cm³/mol. The number of hydrogen-bond donors (Lipinski definition) is 1. The van der Waals surface area contributed by atoms with Crippen molar-refractivity contribution in [2.24, 2.45) is 7.05 Å². The van der Waals surface area contributed by atoms with Gasteiger partial charge in [0.1, 0.15) is 0 Å². The molecule has 0 saturated heterocycles. The molecule has 0 spiro atoms. The normalized spacial score (nSPS) is 12.6. The van der Waals surface area contributed by atoms with Crippen LogP contribution in [0.3, 0.4) is 0 Å². The van der Waals surface area contributed by atoms with E-state index >= 15 is 0 Å². The van der Waals surface area contributed by atoms with Gasteiger partial charge in [0.15, 0.2) is 0 Å². The van der Waals surface area contributed by atoms with Crippen LogP contribution in [-0.4, -0.2) is 24.8 Å². The smallest absolute Gasteiger partial charge is 0.329 e. The first-order valence-corrected chi connectivity index (χ1v) is 10.8. The average molecular weight is 420 g/mol. The lowest BCUT2D eigenvalue weighted by Gasteiger charge is -2.16. The molecule has 6 heteroatoms. The van der Waals surface area contributed by atoms with E-state index in [1.165, 1.54) is 16.6 Å². The van der Waals surface area contributed by atoms with E-state index < -0.39 is 5.97 Å². The average Bonchev–Trinajstić information content (AvgIpc) is 3.14. The summed E-state index contributed by atoms with van der Waals surface area (Å²) in [5.41, 5.74) is 6.14. The van der Waals surface area contributed by atoms with Gasteiger partial charge in [-0.15, -0.1) is 0 Å². The van der Waals surface area contributed by atoms with E-state index in [0.717, 1.165) is 28.5 Å². The summed E-state index contributed by atoms with van der Waals surface area (Å²) in [5, 5.41) is 10.6. The number of nitrogens with zero attached hydrogens (tertiary/aromatic N) is 3. The number of hydrogen-bond acceptors (Lipinski definition) is 2. The van der Waals surface area contributed by atoms with Gasteiger partial charge in [-0.1, -0.05) is 43.7 Å². The molecule has 1 atom stereocenters. The largest absolute Gasteiger partial charge is 0.481 e. The van der Waals surface area contributed by atoms with Crippen molar-refractivity contribution >= 4 is 27.9 Å². The van der Waals surface area contributed by atoms with Crippen LogP contribution < -0.4 is 5.69 Å². The molecule has 0 fully saturated rings. The Morgan fingerprint density at radius 1 is 1.06 bits per heavy atom. The minimum absolute atomic E-state index is 0.0620. The highest BCUT2D eigenvalue weighted by atomic mass is 16.4. The second-order valence-electron chi connectivity index (χ2n) is 8.35. The van der Waals surface area contributed by atoms with Crippen LogP contribution in [0.4, 0.5) is 0 Å². The number of carboxylic acids is 1. The lowest BCUT2D eigenvalue weighted by Crippen LogP contribution is -2.29. The molecule has 0 aliphatic carbocycles.